The lowest BCUT2D eigenvalue weighted by molar-refractivity contribution is -0.151. The first kappa shape index (κ1) is 20.5. The molecule has 0 radical (unpaired) electrons. The minimum absolute atomic E-state index is 0.120. The molecule has 2 aliphatic heterocycles. The van der Waals surface area contributed by atoms with Crippen molar-refractivity contribution in [3.05, 3.63) is 17.7 Å². The number of fused-ring (bicyclic) bond motifs is 1. The van der Waals surface area contributed by atoms with E-state index in [1.54, 1.807) is 6.92 Å². The Morgan fingerprint density at radius 3 is 2.82 bits per heavy atom. The second-order valence-electron chi connectivity index (χ2n) is 7.30. The number of ether oxygens (including phenoxy) is 3. The van der Waals surface area contributed by atoms with E-state index in [1.165, 1.54) is 0 Å². The first-order valence-electron chi connectivity index (χ1n) is 10.2. The summed E-state index contributed by atoms with van der Waals surface area (Å²) in [5, 5.41) is 2.94. The van der Waals surface area contributed by atoms with Gasteiger partial charge in [0.1, 0.15) is 23.6 Å². The third kappa shape index (κ3) is 4.76. The minimum atomic E-state index is -0.352. The van der Waals surface area contributed by atoms with Crippen molar-refractivity contribution in [2.75, 3.05) is 31.6 Å². The maximum absolute atomic E-state index is 12.7. The molecule has 1 aromatic carbocycles. The van der Waals surface area contributed by atoms with Gasteiger partial charge in [-0.2, -0.15) is 0 Å². The molecule has 1 amide bonds. The molecule has 154 valence electrons. The van der Waals surface area contributed by atoms with Gasteiger partial charge < -0.3 is 19.5 Å². The van der Waals surface area contributed by atoms with Crippen LogP contribution >= 0.6 is 0 Å². The van der Waals surface area contributed by atoms with E-state index in [0.717, 1.165) is 37.0 Å². The zero-order valence-corrected chi connectivity index (χ0v) is 17.0. The van der Waals surface area contributed by atoms with Crippen LogP contribution in [0.25, 0.3) is 0 Å². The van der Waals surface area contributed by atoms with Crippen molar-refractivity contribution in [2.24, 2.45) is 0 Å². The van der Waals surface area contributed by atoms with Gasteiger partial charge in [0, 0.05) is 18.1 Å². The fourth-order valence-corrected chi connectivity index (χ4v) is 3.87. The van der Waals surface area contributed by atoms with Crippen LogP contribution in [-0.2, 0) is 20.7 Å². The van der Waals surface area contributed by atoms with Gasteiger partial charge in [-0.15, -0.1) is 0 Å². The topological polar surface area (TPSA) is 77.1 Å². The molecule has 0 spiro atoms. The van der Waals surface area contributed by atoms with Gasteiger partial charge in [0.25, 0.3) is 0 Å². The maximum Gasteiger partial charge on any atom is 0.323 e. The summed E-state index contributed by atoms with van der Waals surface area (Å²) in [6.45, 7) is 7.43. The first-order valence-corrected chi connectivity index (χ1v) is 10.2. The van der Waals surface area contributed by atoms with Crippen LogP contribution in [0.5, 0.6) is 11.5 Å². The summed E-state index contributed by atoms with van der Waals surface area (Å²) in [4.78, 5) is 26.8. The number of benzene rings is 1. The number of nitrogens with one attached hydrogen (secondary N) is 1. The molecule has 2 heterocycles. The van der Waals surface area contributed by atoms with E-state index in [-0.39, 0.29) is 30.6 Å². The number of hydrogen-bond acceptors (Lipinski definition) is 6. The second-order valence-corrected chi connectivity index (χ2v) is 7.30. The van der Waals surface area contributed by atoms with Crippen LogP contribution in [0.4, 0.5) is 5.69 Å². The molecule has 0 bridgehead atoms. The molecule has 2 aliphatic rings. The largest absolute Gasteiger partial charge is 0.492 e. The molecule has 7 nitrogen and oxygen atoms in total. The zero-order chi connectivity index (χ0) is 20.1. The highest BCUT2D eigenvalue weighted by Gasteiger charge is 2.31. The van der Waals surface area contributed by atoms with Gasteiger partial charge in [-0.3, -0.25) is 14.5 Å². The highest BCUT2D eigenvalue weighted by molar-refractivity contribution is 5.94. The molecule has 1 N–H and O–H groups in total. The molecule has 0 saturated carbocycles. The summed E-state index contributed by atoms with van der Waals surface area (Å²) in [6.07, 6.45) is 3.61. The third-order valence-corrected chi connectivity index (χ3v) is 5.09. The van der Waals surface area contributed by atoms with Crippen LogP contribution < -0.4 is 14.8 Å². The smallest absolute Gasteiger partial charge is 0.323 e. The highest BCUT2D eigenvalue weighted by Crippen LogP contribution is 2.38. The number of carbonyl (C=O) groups excluding carboxylic acids is 2. The lowest BCUT2D eigenvalue weighted by atomic mass is 10.0. The van der Waals surface area contributed by atoms with Crippen LogP contribution in [-0.4, -0.2) is 55.2 Å². The number of carbonyl (C=O) groups is 2. The summed E-state index contributed by atoms with van der Waals surface area (Å²) >= 11 is 0. The third-order valence-electron chi connectivity index (χ3n) is 5.09. The van der Waals surface area contributed by atoms with E-state index in [2.05, 4.69) is 5.32 Å². The lowest BCUT2D eigenvalue weighted by Gasteiger charge is -2.33. The molecule has 1 saturated heterocycles. The Hall–Kier alpha value is -2.28. The average molecular weight is 390 g/mol. The summed E-state index contributed by atoms with van der Waals surface area (Å²) in [5.74, 6) is 1.01. The minimum Gasteiger partial charge on any atom is -0.492 e. The number of nitrogens with zero attached hydrogens (tertiary/aromatic N) is 1. The molecule has 28 heavy (non-hydrogen) atoms. The number of piperidine rings is 1. The Morgan fingerprint density at radius 1 is 1.25 bits per heavy atom. The molecule has 0 aliphatic carbocycles. The van der Waals surface area contributed by atoms with E-state index in [9.17, 15) is 9.59 Å². The monoisotopic (exact) mass is 390 g/mol. The average Bonchev–Trinajstić information content (AvgIpc) is 3.01. The highest BCUT2D eigenvalue weighted by atomic mass is 16.5. The first-order chi connectivity index (χ1) is 13.5. The van der Waals surface area contributed by atoms with Crippen molar-refractivity contribution < 1.29 is 23.8 Å². The van der Waals surface area contributed by atoms with Crippen molar-refractivity contribution >= 4 is 17.6 Å². The van der Waals surface area contributed by atoms with Crippen LogP contribution in [0.1, 0.15) is 45.6 Å². The number of esters is 1. The van der Waals surface area contributed by atoms with E-state index < -0.39 is 0 Å². The molecule has 2 atom stereocenters. The van der Waals surface area contributed by atoms with Crippen molar-refractivity contribution in [1.29, 1.82) is 0 Å². The Balaban J connectivity index is 1.70. The standard InChI is InChI=1S/C21H30N2O5/c1-4-26-19-11-15-10-14(3)28-18(15)12-16(19)22-20(24)13-23-9-7-6-8-17(23)21(25)27-5-2/h11-12,14,17H,4-10,13H2,1-3H3,(H,22,24)/t14-,17+/m0/s1. The van der Waals surface area contributed by atoms with E-state index in [4.69, 9.17) is 14.2 Å². The van der Waals surface area contributed by atoms with Crippen LogP contribution in [0.3, 0.4) is 0 Å². The number of rotatable bonds is 7. The van der Waals surface area contributed by atoms with E-state index in [1.807, 2.05) is 30.9 Å². The lowest BCUT2D eigenvalue weighted by Crippen LogP contribution is -2.48. The van der Waals surface area contributed by atoms with Crippen LogP contribution in [0.2, 0.25) is 0 Å². The van der Waals surface area contributed by atoms with E-state index in [0.29, 0.717) is 31.2 Å². The van der Waals surface area contributed by atoms with Crippen LogP contribution in [0, 0.1) is 0 Å². The van der Waals surface area contributed by atoms with Crippen molar-refractivity contribution in [2.45, 2.75) is 58.6 Å². The number of anilines is 1. The van der Waals surface area contributed by atoms with Crippen molar-refractivity contribution in [3.8, 4) is 11.5 Å². The zero-order valence-electron chi connectivity index (χ0n) is 17.0. The quantitative estimate of drug-likeness (QED) is 0.722. The van der Waals surface area contributed by atoms with Crippen molar-refractivity contribution in [1.82, 2.24) is 4.90 Å². The molecular formula is C21H30N2O5. The number of likely N-dealkylation sites (tertiary alicyclic amines) is 1. The molecule has 1 aromatic rings. The number of amides is 1. The summed E-state index contributed by atoms with van der Waals surface area (Å²) < 4.78 is 16.7. The van der Waals surface area contributed by atoms with Gasteiger partial charge >= 0.3 is 5.97 Å². The Kier molecular flexibility index (Phi) is 6.78. The van der Waals surface area contributed by atoms with Crippen LogP contribution in [0.15, 0.2) is 12.1 Å². The van der Waals surface area contributed by atoms with Gasteiger partial charge in [0.15, 0.2) is 0 Å². The molecule has 1 fully saturated rings. The van der Waals surface area contributed by atoms with Gasteiger partial charge in [-0.25, -0.2) is 0 Å². The van der Waals surface area contributed by atoms with Gasteiger partial charge in [0.05, 0.1) is 25.4 Å². The predicted octanol–water partition coefficient (Wildman–Crippen LogP) is 2.76. The SMILES string of the molecule is CCOC(=O)[C@H]1CCCCN1CC(=O)Nc1cc2c(cc1OCC)C[C@H](C)O2. The maximum atomic E-state index is 12.7. The molecule has 3 rings (SSSR count). The van der Waals surface area contributed by atoms with Gasteiger partial charge in [0.2, 0.25) is 5.91 Å². The second kappa shape index (κ2) is 9.28. The Morgan fingerprint density at radius 2 is 2.07 bits per heavy atom. The normalized spacial score (nSPS) is 21.5. The summed E-state index contributed by atoms with van der Waals surface area (Å²) in [5.41, 5.74) is 1.69. The molecule has 0 unspecified atom stereocenters. The molecule has 7 heteroatoms. The fourth-order valence-electron chi connectivity index (χ4n) is 3.87. The van der Waals surface area contributed by atoms with Crippen molar-refractivity contribution in [3.63, 3.8) is 0 Å². The Bertz CT molecular complexity index is 721. The summed E-state index contributed by atoms with van der Waals surface area (Å²) in [6, 6.07) is 3.43. The molecule has 0 aromatic heterocycles. The van der Waals surface area contributed by atoms with E-state index >= 15 is 0 Å². The molecular weight excluding hydrogens is 360 g/mol. The predicted molar refractivity (Wildman–Crippen MR) is 106 cm³/mol. The van der Waals surface area contributed by atoms with Gasteiger partial charge in [-0.05, 0) is 46.2 Å². The fraction of sp³-hybridized carbons (Fsp3) is 0.619. The summed E-state index contributed by atoms with van der Waals surface area (Å²) in [7, 11) is 0. The number of hydrogen-bond donors (Lipinski definition) is 1. The Labute approximate surface area is 166 Å². The van der Waals surface area contributed by atoms with Gasteiger partial charge in [-0.1, -0.05) is 6.42 Å².